The molecule has 1 unspecified atom stereocenters. The third-order valence-corrected chi connectivity index (χ3v) is 6.34. The Morgan fingerprint density at radius 3 is 2.27 bits per heavy atom. The van der Waals surface area contributed by atoms with Crippen molar-refractivity contribution in [2.45, 2.75) is 33.1 Å². The zero-order valence-electron chi connectivity index (χ0n) is 13.4. The highest BCUT2D eigenvalue weighted by atomic mass is 28.4. The summed E-state index contributed by atoms with van der Waals surface area (Å²) in [5, 5.41) is 12.0. The molecule has 0 radical (unpaired) electrons. The first kappa shape index (κ1) is 17.1. The molecular weight excluding hydrogens is 296 g/mol. The van der Waals surface area contributed by atoms with Gasteiger partial charge in [0.2, 0.25) is 0 Å². The van der Waals surface area contributed by atoms with Crippen LogP contribution >= 0.6 is 0 Å². The van der Waals surface area contributed by atoms with Gasteiger partial charge in [0.25, 0.3) is 0 Å². The molecule has 0 fully saturated rings. The van der Waals surface area contributed by atoms with Crippen LogP contribution in [0.25, 0.3) is 10.8 Å². The van der Waals surface area contributed by atoms with Gasteiger partial charge in [-0.3, -0.25) is 0 Å². The lowest BCUT2D eigenvalue weighted by Gasteiger charge is -2.30. The zero-order valence-corrected chi connectivity index (χ0v) is 14.4. The highest BCUT2D eigenvalue weighted by molar-refractivity contribution is 6.60. The molecule has 0 spiro atoms. The number of rotatable bonds is 8. The van der Waals surface area contributed by atoms with Gasteiger partial charge in [0.05, 0.1) is 0 Å². The van der Waals surface area contributed by atoms with Gasteiger partial charge in [0.15, 0.2) is 0 Å². The summed E-state index contributed by atoms with van der Waals surface area (Å²) in [7, 11) is -2.97. The first-order chi connectivity index (χ1) is 10.6. The van der Waals surface area contributed by atoms with Crippen molar-refractivity contribution in [2.24, 2.45) is 0 Å². The van der Waals surface area contributed by atoms with Gasteiger partial charge in [-0.15, -0.1) is 0 Å². The monoisotopic (exact) mass is 320 g/mol. The predicted octanol–water partition coefficient (Wildman–Crippen LogP) is 3.29. The van der Waals surface area contributed by atoms with Gasteiger partial charge in [0, 0.05) is 19.3 Å². The fourth-order valence-electron chi connectivity index (χ4n) is 2.63. The Morgan fingerprint density at radius 1 is 1.00 bits per heavy atom. The van der Waals surface area contributed by atoms with Crippen LogP contribution in [0, 0.1) is 0 Å². The molecule has 2 aromatic rings. The van der Waals surface area contributed by atoms with E-state index in [0.29, 0.717) is 19.3 Å². The molecule has 0 heterocycles. The average Bonchev–Trinajstić information content (AvgIpc) is 2.47. The third kappa shape index (κ3) is 4.15. The highest BCUT2D eigenvalue weighted by Crippen LogP contribution is 2.24. The Kier molecular flexibility index (Phi) is 6.11. The Bertz CT molecular complexity index is 589. The normalized spacial score (nSPS) is 13.5. The lowest BCUT2D eigenvalue weighted by atomic mass is 10.1. The van der Waals surface area contributed by atoms with E-state index in [1.807, 2.05) is 32.0 Å². The summed E-state index contributed by atoms with van der Waals surface area (Å²) in [5.41, 5.74) is 1.12. The molecule has 2 aromatic carbocycles. The van der Waals surface area contributed by atoms with E-state index < -0.39 is 15.1 Å². The van der Waals surface area contributed by atoms with Crippen LogP contribution in [-0.2, 0) is 19.3 Å². The molecule has 0 saturated heterocycles. The standard InChI is InChI=1S/C17H24O4Si/c1-4-19-22(20-5-2,21-14(3)18)13-16-11-8-10-15-9-6-7-12-17(15)16/h6-12,14,18H,4-5,13H2,1-3H3. The minimum absolute atomic E-state index is 0.490. The van der Waals surface area contributed by atoms with Crippen molar-refractivity contribution in [3.05, 3.63) is 48.0 Å². The molecule has 22 heavy (non-hydrogen) atoms. The highest BCUT2D eigenvalue weighted by Gasteiger charge is 2.42. The molecule has 0 amide bonds. The number of hydrogen-bond acceptors (Lipinski definition) is 4. The predicted molar refractivity (Wildman–Crippen MR) is 89.4 cm³/mol. The Labute approximate surface area is 133 Å². The number of benzene rings is 2. The average molecular weight is 320 g/mol. The van der Waals surface area contributed by atoms with Gasteiger partial charge in [-0.1, -0.05) is 42.5 Å². The van der Waals surface area contributed by atoms with Gasteiger partial charge in [-0.05, 0) is 37.1 Å². The molecule has 0 aromatic heterocycles. The van der Waals surface area contributed by atoms with Crippen LogP contribution in [0.4, 0.5) is 0 Å². The second-order valence-corrected chi connectivity index (χ2v) is 7.61. The maximum atomic E-state index is 9.69. The fourth-order valence-corrected chi connectivity index (χ4v) is 5.31. The van der Waals surface area contributed by atoms with Gasteiger partial charge in [-0.2, -0.15) is 0 Å². The number of fused-ring (bicyclic) bond motifs is 1. The summed E-state index contributed by atoms with van der Waals surface area (Å²) in [4.78, 5) is 0. The van der Waals surface area contributed by atoms with Crippen LogP contribution in [0.15, 0.2) is 42.5 Å². The SMILES string of the molecule is CCO[Si](Cc1cccc2ccccc12)(OCC)OC(C)O. The van der Waals surface area contributed by atoms with E-state index in [9.17, 15) is 5.11 Å². The van der Waals surface area contributed by atoms with E-state index in [4.69, 9.17) is 13.3 Å². The number of aliphatic hydroxyl groups excluding tert-OH is 1. The van der Waals surface area contributed by atoms with E-state index in [1.165, 1.54) is 5.39 Å². The zero-order chi connectivity index (χ0) is 16.0. The molecule has 4 nitrogen and oxygen atoms in total. The maximum Gasteiger partial charge on any atom is 0.507 e. The van der Waals surface area contributed by atoms with Crippen molar-refractivity contribution in [1.82, 2.24) is 0 Å². The van der Waals surface area contributed by atoms with Crippen molar-refractivity contribution >= 4 is 19.6 Å². The summed E-state index contributed by atoms with van der Waals surface area (Å²) in [6.07, 6.45) is -0.917. The molecule has 1 atom stereocenters. The maximum absolute atomic E-state index is 9.69. The van der Waals surface area contributed by atoms with E-state index in [0.717, 1.165) is 10.9 Å². The molecule has 0 bridgehead atoms. The van der Waals surface area contributed by atoms with Crippen molar-refractivity contribution < 1.29 is 18.4 Å². The summed E-state index contributed by atoms with van der Waals surface area (Å²) < 4.78 is 17.5. The quantitative estimate of drug-likeness (QED) is 0.599. The Hall–Kier alpha value is -1.24. The van der Waals surface area contributed by atoms with Crippen molar-refractivity contribution in [3.8, 4) is 0 Å². The minimum atomic E-state index is -2.97. The number of aliphatic hydroxyl groups is 1. The number of hydrogen-bond donors (Lipinski definition) is 1. The Balaban J connectivity index is 2.39. The van der Waals surface area contributed by atoms with Crippen LogP contribution < -0.4 is 0 Å². The topological polar surface area (TPSA) is 47.9 Å². The summed E-state index contributed by atoms with van der Waals surface area (Å²) >= 11 is 0. The van der Waals surface area contributed by atoms with Gasteiger partial charge < -0.3 is 18.4 Å². The molecule has 0 aliphatic heterocycles. The molecule has 0 aliphatic rings. The van der Waals surface area contributed by atoms with Crippen LogP contribution in [0.2, 0.25) is 0 Å². The van der Waals surface area contributed by atoms with Crippen LogP contribution in [0.1, 0.15) is 26.3 Å². The molecule has 5 heteroatoms. The summed E-state index contributed by atoms with van der Waals surface area (Å²) in [6, 6.07) is 14.9. The van der Waals surface area contributed by atoms with E-state index in [-0.39, 0.29) is 0 Å². The lowest BCUT2D eigenvalue weighted by molar-refractivity contribution is -0.0650. The van der Waals surface area contributed by atoms with Crippen LogP contribution in [-0.4, -0.2) is 33.4 Å². The van der Waals surface area contributed by atoms with Crippen molar-refractivity contribution in [3.63, 3.8) is 0 Å². The van der Waals surface area contributed by atoms with Gasteiger partial charge in [0.1, 0.15) is 6.29 Å². The second kappa shape index (κ2) is 7.85. The molecule has 120 valence electrons. The Morgan fingerprint density at radius 2 is 1.64 bits per heavy atom. The first-order valence-electron chi connectivity index (χ1n) is 7.70. The fraction of sp³-hybridized carbons (Fsp3) is 0.412. The van der Waals surface area contributed by atoms with Crippen molar-refractivity contribution in [2.75, 3.05) is 13.2 Å². The van der Waals surface area contributed by atoms with E-state index >= 15 is 0 Å². The van der Waals surface area contributed by atoms with E-state index in [1.54, 1.807) is 6.92 Å². The smallest absolute Gasteiger partial charge is 0.374 e. The lowest BCUT2D eigenvalue weighted by Crippen LogP contribution is -2.50. The van der Waals surface area contributed by atoms with Crippen LogP contribution in [0.3, 0.4) is 0 Å². The van der Waals surface area contributed by atoms with Crippen molar-refractivity contribution in [1.29, 1.82) is 0 Å². The molecule has 1 N–H and O–H groups in total. The summed E-state index contributed by atoms with van der Waals surface area (Å²) in [5.74, 6) is 0. The minimum Gasteiger partial charge on any atom is -0.374 e. The second-order valence-electron chi connectivity index (χ2n) is 5.08. The third-order valence-electron chi connectivity index (χ3n) is 3.37. The molecule has 0 saturated carbocycles. The molecule has 0 aliphatic carbocycles. The van der Waals surface area contributed by atoms with Gasteiger partial charge in [-0.25, -0.2) is 0 Å². The molecular formula is C17H24O4Si. The molecule has 2 rings (SSSR count). The largest absolute Gasteiger partial charge is 0.507 e. The van der Waals surface area contributed by atoms with E-state index in [2.05, 4.69) is 24.3 Å². The van der Waals surface area contributed by atoms with Gasteiger partial charge >= 0.3 is 8.80 Å². The summed E-state index contributed by atoms with van der Waals surface area (Å²) in [6.45, 7) is 6.39. The first-order valence-corrected chi connectivity index (χ1v) is 9.64. The van der Waals surface area contributed by atoms with Crippen LogP contribution in [0.5, 0.6) is 0 Å².